The number of hydrogen-bond donors (Lipinski definition) is 0. The molecule has 3 aromatic carbocycles. The van der Waals surface area contributed by atoms with Crippen LogP contribution in [0.4, 0.5) is 0 Å². The Hall–Kier alpha value is -3.77. The SMILES string of the molecule is CC(C)(C)c1ccc(-c2nc3sc(=Cc4cccc(Oc5ccccc5)c4)c(=O)n3n2)cc1. The van der Waals surface area contributed by atoms with Gasteiger partial charge in [-0.25, -0.2) is 0 Å². The highest BCUT2D eigenvalue weighted by Gasteiger charge is 2.15. The first-order chi connectivity index (χ1) is 15.9. The molecule has 164 valence electrons. The first kappa shape index (κ1) is 21.1. The summed E-state index contributed by atoms with van der Waals surface area (Å²) in [5.41, 5.74) is 2.93. The number of hydrogen-bond acceptors (Lipinski definition) is 5. The van der Waals surface area contributed by atoms with Crippen molar-refractivity contribution in [2.45, 2.75) is 26.2 Å². The quantitative estimate of drug-likeness (QED) is 0.363. The van der Waals surface area contributed by atoms with E-state index in [-0.39, 0.29) is 11.0 Å². The number of nitrogens with zero attached hydrogens (tertiary/aromatic N) is 3. The van der Waals surface area contributed by atoms with Crippen molar-refractivity contribution in [3.05, 3.63) is 105 Å². The van der Waals surface area contributed by atoms with Crippen LogP contribution in [0.3, 0.4) is 0 Å². The molecule has 5 aromatic rings. The average Bonchev–Trinajstić information content (AvgIpc) is 3.34. The maximum absolute atomic E-state index is 12.9. The monoisotopic (exact) mass is 453 g/mol. The minimum absolute atomic E-state index is 0.0802. The van der Waals surface area contributed by atoms with E-state index >= 15 is 0 Å². The van der Waals surface area contributed by atoms with E-state index in [1.807, 2.05) is 72.8 Å². The van der Waals surface area contributed by atoms with Crippen LogP contribution in [0.1, 0.15) is 31.9 Å². The lowest BCUT2D eigenvalue weighted by Gasteiger charge is -2.18. The van der Waals surface area contributed by atoms with Gasteiger partial charge in [-0.1, -0.05) is 86.7 Å². The van der Waals surface area contributed by atoms with Crippen LogP contribution >= 0.6 is 11.3 Å². The predicted molar refractivity (Wildman–Crippen MR) is 133 cm³/mol. The van der Waals surface area contributed by atoms with Crippen LogP contribution in [0.2, 0.25) is 0 Å². The second-order valence-electron chi connectivity index (χ2n) is 8.86. The fourth-order valence-corrected chi connectivity index (χ4v) is 4.43. The number of benzene rings is 3. The van der Waals surface area contributed by atoms with Gasteiger partial charge in [0, 0.05) is 5.56 Å². The van der Waals surface area contributed by atoms with Gasteiger partial charge >= 0.3 is 0 Å². The van der Waals surface area contributed by atoms with E-state index in [1.54, 1.807) is 0 Å². The van der Waals surface area contributed by atoms with E-state index in [0.29, 0.717) is 21.1 Å². The highest BCUT2D eigenvalue weighted by atomic mass is 32.1. The maximum Gasteiger partial charge on any atom is 0.291 e. The molecule has 0 aliphatic rings. The molecule has 0 bridgehead atoms. The van der Waals surface area contributed by atoms with Crippen molar-refractivity contribution in [3.8, 4) is 22.9 Å². The Morgan fingerprint density at radius 3 is 2.33 bits per heavy atom. The van der Waals surface area contributed by atoms with Crippen molar-refractivity contribution in [1.82, 2.24) is 14.6 Å². The minimum atomic E-state index is -0.172. The molecule has 0 unspecified atom stereocenters. The third kappa shape index (κ3) is 4.43. The molecule has 5 rings (SSSR count). The summed E-state index contributed by atoms with van der Waals surface area (Å²) in [6.45, 7) is 6.54. The largest absolute Gasteiger partial charge is 0.457 e. The number of thiazole rings is 1. The molecule has 0 fully saturated rings. The van der Waals surface area contributed by atoms with E-state index in [2.05, 4.69) is 43.0 Å². The summed E-state index contributed by atoms with van der Waals surface area (Å²) in [5, 5.41) is 4.47. The first-order valence-electron chi connectivity index (χ1n) is 10.7. The second-order valence-corrected chi connectivity index (χ2v) is 9.87. The smallest absolute Gasteiger partial charge is 0.291 e. The van der Waals surface area contributed by atoms with E-state index in [0.717, 1.165) is 16.9 Å². The number of para-hydroxylation sites is 1. The lowest BCUT2D eigenvalue weighted by Crippen LogP contribution is -2.23. The van der Waals surface area contributed by atoms with Crippen LogP contribution in [0.25, 0.3) is 22.4 Å². The van der Waals surface area contributed by atoms with Crippen LogP contribution in [0, 0.1) is 0 Å². The number of rotatable bonds is 4. The molecule has 33 heavy (non-hydrogen) atoms. The van der Waals surface area contributed by atoms with Gasteiger partial charge in [0.05, 0.1) is 4.53 Å². The van der Waals surface area contributed by atoms with E-state index in [4.69, 9.17) is 4.74 Å². The summed E-state index contributed by atoms with van der Waals surface area (Å²) in [4.78, 5) is 18.1. The van der Waals surface area contributed by atoms with Crippen molar-refractivity contribution in [1.29, 1.82) is 0 Å². The summed E-state index contributed by atoms with van der Waals surface area (Å²) in [7, 11) is 0. The molecular formula is C27H23N3O2S. The highest BCUT2D eigenvalue weighted by molar-refractivity contribution is 7.15. The Bertz CT molecular complexity index is 1530. The number of aromatic nitrogens is 3. The van der Waals surface area contributed by atoms with Gasteiger partial charge in [0.1, 0.15) is 11.5 Å². The Kier molecular flexibility index (Phi) is 5.30. The Labute approximate surface area is 195 Å². The van der Waals surface area contributed by atoms with E-state index < -0.39 is 0 Å². The molecule has 0 amide bonds. The minimum Gasteiger partial charge on any atom is -0.457 e. The standard InChI is InChI=1S/C27H23N3O2S/c1-27(2,3)20-14-12-19(13-15-20)24-28-26-30(29-24)25(31)23(33-26)17-18-8-7-11-22(16-18)32-21-9-5-4-6-10-21/h4-17H,1-3H3. The third-order valence-corrected chi connectivity index (χ3v) is 6.28. The normalized spacial score (nSPS) is 12.4. The molecule has 0 N–H and O–H groups in total. The van der Waals surface area contributed by atoms with Crippen molar-refractivity contribution >= 4 is 22.4 Å². The van der Waals surface area contributed by atoms with Crippen molar-refractivity contribution in [2.24, 2.45) is 0 Å². The van der Waals surface area contributed by atoms with Crippen molar-refractivity contribution < 1.29 is 4.74 Å². The number of ether oxygens (including phenoxy) is 1. The van der Waals surface area contributed by atoms with Crippen LogP contribution in [0.5, 0.6) is 11.5 Å². The molecule has 0 spiro atoms. The zero-order valence-electron chi connectivity index (χ0n) is 18.6. The van der Waals surface area contributed by atoms with Gasteiger partial charge in [0.25, 0.3) is 5.56 Å². The predicted octanol–water partition coefficient (Wildman–Crippen LogP) is 5.46. The molecule has 2 heterocycles. The summed E-state index contributed by atoms with van der Waals surface area (Å²) in [6.07, 6.45) is 1.85. The molecule has 0 aliphatic carbocycles. The fraction of sp³-hybridized carbons (Fsp3) is 0.148. The molecule has 0 radical (unpaired) electrons. The third-order valence-electron chi connectivity index (χ3n) is 5.33. The lowest BCUT2D eigenvalue weighted by molar-refractivity contribution is 0.482. The summed E-state index contributed by atoms with van der Waals surface area (Å²) < 4.78 is 7.86. The molecular weight excluding hydrogens is 430 g/mol. The van der Waals surface area contributed by atoms with Crippen LogP contribution in [0.15, 0.2) is 83.7 Å². The number of fused-ring (bicyclic) bond motifs is 1. The van der Waals surface area contributed by atoms with Gasteiger partial charge in [0.15, 0.2) is 5.82 Å². The lowest BCUT2D eigenvalue weighted by atomic mass is 9.87. The van der Waals surface area contributed by atoms with E-state index in [9.17, 15) is 4.79 Å². The van der Waals surface area contributed by atoms with Gasteiger partial charge < -0.3 is 4.74 Å². The topological polar surface area (TPSA) is 56.5 Å². The molecule has 0 aliphatic heterocycles. The Balaban J connectivity index is 1.45. The van der Waals surface area contributed by atoms with Gasteiger partial charge in [-0.05, 0) is 46.9 Å². The molecule has 0 saturated heterocycles. The van der Waals surface area contributed by atoms with Crippen LogP contribution < -0.4 is 14.8 Å². The Morgan fingerprint density at radius 1 is 0.909 bits per heavy atom. The molecule has 0 atom stereocenters. The summed E-state index contributed by atoms with van der Waals surface area (Å²) in [5.74, 6) is 2.03. The van der Waals surface area contributed by atoms with Crippen LogP contribution in [-0.2, 0) is 5.41 Å². The van der Waals surface area contributed by atoms with Gasteiger partial charge in [-0.15, -0.1) is 5.10 Å². The Morgan fingerprint density at radius 2 is 1.64 bits per heavy atom. The van der Waals surface area contributed by atoms with Gasteiger partial charge in [-0.3, -0.25) is 4.79 Å². The highest BCUT2D eigenvalue weighted by Crippen LogP contribution is 2.25. The zero-order chi connectivity index (χ0) is 23.0. The summed E-state index contributed by atoms with van der Waals surface area (Å²) >= 11 is 1.33. The average molecular weight is 454 g/mol. The summed E-state index contributed by atoms with van der Waals surface area (Å²) in [6, 6.07) is 25.5. The molecule has 6 heteroatoms. The van der Waals surface area contributed by atoms with E-state index in [1.165, 1.54) is 21.4 Å². The molecule has 0 saturated carbocycles. The van der Waals surface area contributed by atoms with Crippen molar-refractivity contribution in [2.75, 3.05) is 0 Å². The molecule has 5 nitrogen and oxygen atoms in total. The first-order valence-corrected chi connectivity index (χ1v) is 11.5. The second kappa shape index (κ2) is 8.30. The van der Waals surface area contributed by atoms with Gasteiger partial charge in [0.2, 0.25) is 4.96 Å². The molecule has 2 aromatic heterocycles. The van der Waals surface area contributed by atoms with Gasteiger partial charge in [-0.2, -0.15) is 9.50 Å². The van der Waals surface area contributed by atoms with Crippen molar-refractivity contribution in [3.63, 3.8) is 0 Å². The fourth-order valence-electron chi connectivity index (χ4n) is 3.52. The maximum atomic E-state index is 12.9. The van der Waals surface area contributed by atoms with Crippen LogP contribution in [-0.4, -0.2) is 14.6 Å². The zero-order valence-corrected chi connectivity index (χ0v) is 19.5.